The van der Waals surface area contributed by atoms with Gasteiger partial charge in [0, 0.05) is 11.8 Å². The lowest BCUT2D eigenvalue weighted by Crippen LogP contribution is -2.22. The van der Waals surface area contributed by atoms with E-state index in [1.807, 2.05) is 13.0 Å². The quantitative estimate of drug-likeness (QED) is 0.851. The van der Waals surface area contributed by atoms with Gasteiger partial charge in [0.1, 0.15) is 0 Å². The first-order valence-corrected chi connectivity index (χ1v) is 5.35. The van der Waals surface area contributed by atoms with E-state index in [-0.39, 0.29) is 6.04 Å². The third-order valence-electron chi connectivity index (χ3n) is 2.38. The van der Waals surface area contributed by atoms with Crippen molar-refractivity contribution in [1.29, 1.82) is 0 Å². The maximum Gasteiger partial charge on any atom is 0.0954 e. The molecular weight excluding hydrogens is 202 g/mol. The number of nitrogens with zero attached hydrogens (tertiary/aromatic N) is 2. The van der Waals surface area contributed by atoms with Gasteiger partial charge in [-0.15, -0.1) is 0 Å². The zero-order valence-electron chi connectivity index (χ0n) is 9.47. The number of furan rings is 1. The lowest BCUT2D eigenvalue weighted by Gasteiger charge is -2.15. The van der Waals surface area contributed by atoms with Gasteiger partial charge in [-0.3, -0.25) is 9.97 Å². The summed E-state index contributed by atoms with van der Waals surface area (Å²) in [6, 6.07) is 1.99. The van der Waals surface area contributed by atoms with Crippen molar-refractivity contribution < 1.29 is 4.42 Å². The Hall–Kier alpha value is -1.68. The number of nitrogens with one attached hydrogen (secondary N) is 1. The minimum absolute atomic E-state index is 0.0526. The van der Waals surface area contributed by atoms with Crippen molar-refractivity contribution in [2.75, 3.05) is 6.54 Å². The van der Waals surface area contributed by atoms with Crippen molar-refractivity contribution in [3.63, 3.8) is 0 Å². The van der Waals surface area contributed by atoms with Crippen LogP contribution in [0.1, 0.15) is 29.9 Å². The summed E-state index contributed by atoms with van der Waals surface area (Å²) in [5.74, 6) is 0. The molecule has 4 heteroatoms. The summed E-state index contributed by atoms with van der Waals surface area (Å²) in [5.41, 5.74) is 2.90. The van der Waals surface area contributed by atoms with Crippen molar-refractivity contribution in [3.8, 4) is 0 Å². The molecule has 2 heterocycles. The van der Waals surface area contributed by atoms with Gasteiger partial charge in [-0.2, -0.15) is 0 Å². The van der Waals surface area contributed by atoms with Gasteiger partial charge in [0.2, 0.25) is 0 Å². The first-order chi connectivity index (χ1) is 7.81. The van der Waals surface area contributed by atoms with E-state index in [1.54, 1.807) is 24.9 Å². The second-order valence-corrected chi connectivity index (χ2v) is 3.63. The Labute approximate surface area is 94.7 Å². The summed E-state index contributed by atoms with van der Waals surface area (Å²) in [4.78, 5) is 8.65. The highest BCUT2D eigenvalue weighted by molar-refractivity contribution is 5.22. The zero-order valence-corrected chi connectivity index (χ0v) is 9.47. The second kappa shape index (κ2) is 4.90. The second-order valence-electron chi connectivity index (χ2n) is 3.63. The van der Waals surface area contributed by atoms with Crippen LogP contribution in [0, 0.1) is 6.92 Å². The fourth-order valence-electron chi connectivity index (χ4n) is 1.59. The van der Waals surface area contributed by atoms with Crippen LogP contribution in [0.4, 0.5) is 0 Å². The lowest BCUT2D eigenvalue weighted by molar-refractivity contribution is 0.550. The molecule has 0 saturated heterocycles. The number of aromatic nitrogens is 2. The highest BCUT2D eigenvalue weighted by Crippen LogP contribution is 2.19. The number of aryl methyl sites for hydroxylation is 1. The van der Waals surface area contributed by atoms with Crippen LogP contribution in [0.25, 0.3) is 0 Å². The first kappa shape index (κ1) is 10.8. The molecule has 0 aliphatic carbocycles. The van der Waals surface area contributed by atoms with Gasteiger partial charge in [0.25, 0.3) is 0 Å². The van der Waals surface area contributed by atoms with Crippen LogP contribution in [-0.2, 0) is 0 Å². The molecule has 2 rings (SSSR count). The Kier molecular flexibility index (Phi) is 3.31. The Balaban J connectivity index is 2.29. The predicted octanol–water partition coefficient (Wildman–Crippen LogP) is 2.08. The highest BCUT2D eigenvalue weighted by atomic mass is 16.3. The molecule has 0 spiro atoms. The van der Waals surface area contributed by atoms with E-state index in [4.69, 9.17) is 4.42 Å². The minimum atomic E-state index is 0.0526. The molecule has 0 aliphatic rings. The normalized spacial score (nSPS) is 12.6. The molecule has 0 fully saturated rings. The Bertz CT molecular complexity index is 422. The van der Waals surface area contributed by atoms with Crippen molar-refractivity contribution in [1.82, 2.24) is 15.3 Å². The zero-order chi connectivity index (χ0) is 11.4. The fraction of sp³-hybridized carbons (Fsp3) is 0.333. The van der Waals surface area contributed by atoms with Crippen LogP contribution in [0.5, 0.6) is 0 Å². The molecule has 4 nitrogen and oxygen atoms in total. The lowest BCUT2D eigenvalue weighted by atomic mass is 10.1. The average molecular weight is 217 g/mol. The van der Waals surface area contributed by atoms with Crippen LogP contribution >= 0.6 is 0 Å². The van der Waals surface area contributed by atoms with Crippen LogP contribution < -0.4 is 5.32 Å². The van der Waals surface area contributed by atoms with Crippen LogP contribution in [0.2, 0.25) is 0 Å². The molecular formula is C12H15N3O. The smallest absolute Gasteiger partial charge is 0.0954 e. The molecule has 1 unspecified atom stereocenters. The Morgan fingerprint density at radius 2 is 2.25 bits per heavy atom. The Morgan fingerprint density at radius 1 is 1.38 bits per heavy atom. The van der Waals surface area contributed by atoms with Gasteiger partial charge >= 0.3 is 0 Å². The summed E-state index contributed by atoms with van der Waals surface area (Å²) in [7, 11) is 0. The summed E-state index contributed by atoms with van der Waals surface area (Å²) in [5, 5.41) is 3.36. The molecule has 84 valence electrons. The van der Waals surface area contributed by atoms with Crippen LogP contribution in [-0.4, -0.2) is 16.5 Å². The molecule has 2 aromatic heterocycles. The van der Waals surface area contributed by atoms with E-state index in [9.17, 15) is 0 Å². The van der Waals surface area contributed by atoms with Gasteiger partial charge < -0.3 is 9.73 Å². The van der Waals surface area contributed by atoms with Crippen LogP contribution in [0.15, 0.2) is 35.4 Å². The van der Waals surface area contributed by atoms with E-state index in [0.29, 0.717) is 0 Å². The molecule has 0 aromatic carbocycles. The van der Waals surface area contributed by atoms with Gasteiger partial charge in [-0.25, -0.2) is 0 Å². The van der Waals surface area contributed by atoms with Crippen molar-refractivity contribution >= 4 is 0 Å². The highest BCUT2D eigenvalue weighted by Gasteiger charge is 2.15. The minimum Gasteiger partial charge on any atom is -0.472 e. The molecule has 0 saturated carbocycles. The first-order valence-electron chi connectivity index (χ1n) is 5.35. The predicted molar refractivity (Wildman–Crippen MR) is 61.0 cm³/mol. The Morgan fingerprint density at radius 3 is 2.81 bits per heavy atom. The summed E-state index contributed by atoms with van der Waals surface area (Å²) in [6.45, 7) is 4.86. The van der Waals surface area contributed by atoms with Gasteiger partial charge in [-0.1, -0.05) is 6.92 Å². The molecule has 2 aromatic rings. The molecule has 1 atom stereocenters. The van der Waals surface area contributed by atoms with Gasteiger partial charge in [0.05, 0.1) is 36.2 Å². The van der Waals surface area contributed by atoms with E-state index in [0.717, 1.165) is 23.5 Å². The molecule has 1 N–H and O–H groups in total. The van der Waals surface area contributed by atoms with Crippen LogP contribution in [0.3, 0.4) is 0 Å². The summed E-state index contributed by atoms with van der Waals surface area (Å²) >= 11 is 0. The molecule has 0 aliphatic heterocycles. The average Bonchev–Trinajstić information content (AvgIpc) is 2.81. The fourth-order valence-corrected chi connectivity index (χ4v) is 1.59. The van der Waals surface area contributed by atoms with E-state index >= 15 is 0 Å². The maximum absolute atomic E-state index is 5.10. The third-order valence-corrected chi connectivity index (χ3v) is 2.38. The monoisotopic (exact) mass is 217 g/mol. The number of rotatable bonds is 4. The van der Waals surface area contributed by atoms with Gasteiger partial charge in [0.15, 0.2) is 0 Å². The van der Waals surface area contributed by atoms with E-state index in [1.165, 1.54) is 0 Å². The summed E-state index contributed by atoms with van der Waals surface area (Å²) in [6.07, 6.45) is 6.98. The van der Waals surface area contributed by atoms with E-state index < -0.39 is 0 Å². The third kappa shape index (κ3) is 2.28. The largest absolute Gasteiger partial charge is 0.472 e. The molecule has 16 heavy (non-hydrogen) atoms. The molecule has 0 radical (unpaired) electrons. The topological polar surface area (TPSA) is 51.0 Å². The van der Waals surface area contributed by atoms with E-state index in [2.05, 4.69) is 22.2 Å². The van der Waals surface area contributed by atoms with Gasteiger partial charge in [-0.05, 0) is 19.5 Å². The number of hydrogen-bond donors (Lipinski definition) is 1. The van der Waals surface area contributed by atoms with Crippen molar-refractivity contribution in [2.24, 2.45) is 0 Å². The van der Waals surface area contributed by atoms with Crippen molar-refractivity contribution in [3.05, 3.63) is 47.9 Å². The standard InChI is InChI=1S/C12H15N3O/c1-3-13-12(10-4-5-16-8-10)11-7-14-9(2)6-15-11/h4-8,12-13H,3H2,1-2H3. The summed E-state index contributed by atoms with van der Waals surface area (Å²) < 4.78 is 5.10. The SMILES string of the molecule is CCNC(c1ccoc1)c1cnc(C)cn1. The molecule has 0 bridgehead atoms. The van der Waals surface area contributed by atoms with Crippen molar-refractivity contribution in [2.45, 2.75) is 19.9 Å². The molecule has 0 amide bonds. The maximum atomic E-state index is 5.10. The number of hydrogen-bond acceptors (Lipinski definition) is 4.